The van der Waals surface area contributed by atoms with Crippen molar-refractivity contribution in [2.45, 2.75) is 21.6 Å². The molecule has 0 spiro atoms. The monoisotopic (exact) mass is 440 g/mol. The van der Waals surface area contributed by atoms with Crippen LogP contribution in [0.25, 0.3) is 10.9 Å². The van der Waals surface area contributed by atoms with Gasteiger partial charge < -0.3 is 4.98 Å². The second-order valence-corrected chi connectivity index (χ2v) is 11.0. The molecular formula is C22H20N2O2S3. The van der Waals surface area contributed by atoms with E-state index in [4.69, 9.17) is 0 Å². The summed E-state index contributed by atoms with van der Waals surface area (Å²) in [6.07, 6.45) is 2.74. The number of aromatic nitrogens is 1. The molecule has 4 aromatic rings. The van der Waals surface area contributed by atoms with Gasteiger partial charge in [-0.2, -0.15) is 4.31 Å². The number of hydrogen-bond acceptors (Lipinski definition) is 4. The quantitative estimate of drug-likeness (QED) is 0.439. The molecule has 0 radical (unpaired) electrons. The predicted molar refractivity (Wildman–Crippen MR) is 120 cm³/mol. The molecule has 0 bridgehead atoms. The van der Waals surface area contributed by atoms with Crippen LogP contribution in [0.15, 0.2) is 75.1 Å². The summed E-state index contributed by atoms with van der Waals surface area (Å²) in [7, 11) is -3.59. The molecule has 148 valence electrons. The number of rotatable bonds is 4. The maximum atomic E-state index is 13.5. The minimum absolute atomic E-state index is 0.367. The van der Waals surface area contributed by atoms with E-state index in [9.17, 15) is 8.42 Å². The van der Waals surface area contributed by atoms with Crippen LogP contribution in [0.2, 0.25) is 0 Å². The highest BCUT2D eigenvalue weighted by atomic mass is 32.2. The van der Waals surface area contributed by atoms with Crippen molar-refractivity contribution in [3.63, 3.8) is 0 Å². The summed E-state index contributed by atoms with van der Waals surface area (Å²) >= 11 is 2.95. The summed E-state index contributed by atoms with van der Waals surface area (Å²) in [4.78, 5) is 4.69. The van der Waals surface area contributed by atoms with Gasteiger partial charge >= 0.3 is 0 Å². The van der Waals surface area contributed by atoms with Gasteiger partial charge in [-0.25, -0.2) is 8.42 Å². The Hall–Kier alpha value is -2.06. The van der Waals surface area contributed by atoms with Crippen LogP contribution in [0, 0.1) is 0 Å². The Kier molecular flexibility index (Phi) is 4.78. The molecule has 2 aromatic carbocycles. The Morgan fingerprint density at radius 3 is 2.59 bits per heavy atom. The lowest BCUT2D eigenvalue weighted by Crippen LogP contribution is -2.40. The van der Waals surface area contributed by atoms with E-state index in [2.05, 4.69) is 29.2 Å². The van der Waals surface area contributed by atoms with Crippen molar-refractivity contribution >= 4 is 44.0 Å². The summed E-state index contributed by atoms with van der Waals surface area (Å²) in [5, 5.41) is 2.99. The van der Waals surface area contributed by atoms with Gasteiger partial charge in [0, 0.05) is 28.0 Å². The Bertz CT molecular complexity index is 1260. The average molecular weight is 441 g/mol. The molecule has 1 atom stereocenters. The maximum absolute atomic E-state index is 13.5. The highest BCUT2D eigenvalue weighted by Gasteiger charge is 2.39. The third-order valence-electron chi connectivity index (χ3n) is 5.48. The lowest BCUT2D eigenvalue weighted by Gasteiger charge is -2.35. The van der Waals surface area contributed by atoms with Crippen molar-refractivity contribution in [2.75, 3.05) is 12.8 Å². The number of fused-ring (bicyclic) bond motifs is 3. The zero-order valence-corrected chi connectivity index (χ0v) is 18.3. The van der Waals surface area contributed by atoms with E-state index < -0.39 is 10.0 Å². The zero-order chi connectivity index (χ0) is 20.0. The highest BCUT2D eigenvalue weighted by molar-refractivity contribution is 7.98. The molecule has 0 saturated heterocycles. The lowest BCUT2D eigenvalue weighted by molar-refractivity contribution is 0.341. The van der Waals surface area contributed by atoms with Gasteiger partial charge in [0.1, 0.15) is 4.21 Å². The topological polar surface area (TPSA) is 53.2 Å². The Labute approximate surface area is 178 Å². The first-order valence-electron chi connectivity index (χ1n) is 9.38. The molecule has 5 rings (SSSR count). The zero-order valence-electron chi connectivity index (χ0n) is 15.8. The minimum atomic E-state index is -3.59. The third kappa shape index (κ3) is 3.13. The molecule has 3 heterocycles. The second-order valence-electron chi connectivity index (χ2n) is 7.04. The van der Waals surface area contributed by atoms with Crippen LogP contribution in [0.4, 0.5) is 0 Å². The number of sulfonamides is 1. The summed E-state index contributed by atoms with van der Waals surface area (Å²) in [5.41, 5.74) is 4.24. The standard InChI is InChI=1S/C22H20N2O2S3/c1-27-16-10-8-15(9-11-16)22-21-18(17-5-2-3-6-19(17)23-21)12-13-24(22)29(25,26)20-7-4-14-28-20/h2-11,14,22-23H,12-13H2,1H3/t22-/m0/s1. The fraction of sp³-hybridized carbons (Fsp3) is 0.182. The maximum Gasteiger partial charge on any atom is 0.253 e. The summed E-state index contributed by atoms with van der Waals surface area (Å²) in [6, 6.07) is 19.5. The van der Waals surface area contributed by atoms with Crippen molar-refractivity contribution in [2.24, 2.45) is 0 Å². The highest BCUT2D eigenvalue weighted by Crippen LogP contribution is 2.41. The van der Waals surface area contributed by atoms with Gasteiger partial charge in [0.25, 0.3) is 10.0 Å². The Morgan fingerprint density at radius 1 is 1.07 bits per heavy atom. The van der Waals surface area contributed by atoms with Crippen molar-refractivity contribution in [3.8, 4) is 0 Å². The molecule has 0 aliphatic carbocycles. The van der Waals surface area contributed by atoms with Gasteiger partial charge in [0.2, 0.25) is 0 Å². The Morgan fingerprint density at radius 2 is 1.86 bits per heavy atom. The molecule has 0 amide bonds. The molecular weight excluding hydrogens is 420 g/mol. The van der Waals surface area contributed by atoms with Gasteiger partial charge in [-0.05, 0) is 53.4 Å². The molecule has 4 nitrogen and oxygen atoms in total. The number of nitrogens with one attached hydrogen (secondary N) is 1. The summed E-state index contributed by atoms with van der Waals surface area (Å²) < 4.78 is 29.0. The van der Waals surface area contributed by atoms with Crippen LogP contribution in [0.3, 0.4) is 0 Å². The third-order valence-corrected chi connectivity index (χ3v) is 9.46. The molecule has 0 saturated carbocycles. The number of thioether (sulfide) groups is 1. The Balaban J connectivity index is 1.71. The van der Waals surface area contributed by atoms with Crippen molar-refractivity contribution in [1.29, 1.82) is 0 Å². The normalized spacial score (nSPS) is 17.5. The SMILES string of the molecule is CSc1ccc([C@H]2c3[nH]c4ccccc4c3CCN2S(=O)(=O)c2cccs2)cc1. The van der Waals surface area contributed by atoms with Crippen molar-refractivity contribution in [1.82, 2.24) is 9.29 Å². The molecule has 2 aromatic heterocycles. The van der Waals surface area contributed by atoms with Crippen LogP contribution in [0.5, 0.6) is 0 Å². The van der Waals surface area contributed by atoms with E-state index in [1.54, 1.807) is 28.2 Å². The summed E-state index contributed by atoms with van der Waals surface area (Å²) in [6.45, 7) is 0.462. The van der Waals surface area contributed by atoms with Crippen molar-refractivity contribution in [3.05, 3.63) is 82.9 Å². The number of hydrogen-bond donors (Lipinski definition) is 1. The number of nitrogens with zero attached hydrogens (tertiary/aromatic N) is 1. The molecule has 1 aliphatic heterocycles. The van der Waals surface area contributed by atoms with Gasteiger partial charge in [0.05, 0.1) is 6.04 Å². The second kappa shape index (κ2) is 7.32. The minimum Gasteiger partial charge on any atom is -0.357 e. The van der Waals surface area contributed by atoms with Gasteiger partial charge in [-0.3, -0.25) is 0 Å². The van der Waals surface area contributed by atoms with Crippen LogP contribution in [-0.2, 0) is 16.4 Å². The smallest absolute Gasteiger partial charge is 0.253 e. The first-order valence-corrected chi connectivity index (χ1v) is 12.9. The van der Waals surface area contributed by atoms with E-state index >= 15 is 0 Å². The lowest BCUT2D eigenvalue weighted by atomic mass is 9.94. The van der Waals surface area contributed by atoms with Crippen LogP contribution >= 0.6 is 23.1 Å². The first-order chi connectivity index (χ1) is 14.1. The fourth-order valence-corrected chi connectivity index (χ4v) is 7.24. The van der Waals surface area contributed by atoms with E-state index in [1.165, 1.54) is 22.3 Å². The first kappa shape index (κ1) is 18.9. The fourth-order valence-electron chi connectivity index (χ4n) is 4.12. The van der Waals surface area contributed by atoms with Gasteiger partial charge in [0.15, 0.2) is 0 Å². The molecule has 0 unspecified atom stereocenters. The van der Waals surface area contributed by atoms with E-state index in [0.717, 1.165) is 21.7 Å². The molecule has 29 heavy (non-hydrogen) atoms. The van der Waals surface area contributed by atoms with Gasteiger partial charge in [-0.1, -0.05) is 36.4 Å². The van der Waals surface area contributed by atoms with E-state index in [-0.39, 0.29) is 6.04 Å². The largest absolute Gasteiger partial charge is 0.357 e. The molecule has 1 aliphatic rings. The molecule has 7 heteroatoms. The number of H-pyrrole nitrogens is 1. The predicted octanol–water partition coefficient (Wildman–Crippen LogP) is 5.29. The van der Waals surface area contributed by atoms with E-state index in [1.807, 2.05) is 35.9 Å². The molecule has 1 N–H and O–H groups in total. The van der Waals surface area contributed by atoms with Crippen LogP contribution < -0.4 is 0 Å². The van der Waals surface area contributed by atoms with E-state index in [0.29, 0.717) is 17.2 Å². The van der Waals surface area contributed by atoms with Crippen LogP contribution in [-0.4, -0.2) is 30.5 Å². The van der Waals surface area contributed by atoms with Gasteiger partial charge in [-0.15, -0.1) is 23.1 Å². The number of para-hydroxylation sites is 1. The molecule has 0 fully saturated rings. The van der Waals surface area contributed by atoms with Crippen LogP contribution in [0.1, 0.15) is 22.9 Å². The number of thiophene rings is 1. The number of benzene rings is 2. The summed E-state index contributed by atoms with van der Waals surface area (Å²) in [5.74, 6) is 0. The number of aromatic amines is 1. The average Bonchev–Trinajstić information content (AvgIpc) is 3.41. The van der Waals surface area contributed by atoms with Crippen molar-refractivity contribution < 1.29 is 8.42 Å².